The normalized spacial score (nSPS) is 23.6. The molecule has 0 bridgehead atoms. The molecule has 1 fully saturated rings. The lowest BCUT2D eigenvalue weighted by Gasteiger charge is -2.39. The fourth-order valence-corrected chi connectivity index (χ4v) is 2.89. The molecule has 3 rings (SSSR count). The molecule has 22 heavy (non-hydrogen) atoms. The van der Waals surface area contributed by atoms with E-state index in [1.54, 1.807) is 13.1 Å². The lowest BCUT2D eigenvalue weighted by molar-refractivity contribution is -0.139. The van der Waals surface area contributed by atoms with E-state index in [2.05, 4.69) is 10.3 Å². The minimum atomic E-state index is -0.666. The highest BCUT2D eigenvalue weighted by Crippen LogP contribution is 2.37. The summed E-state index contributed by atoms with van der Waals surface area (Å²) in [4.78, 5) is 16.3. The molecule has 1 amide bonds. The second kappa shape index (κ2) is 5.89. The van der Waals surface area contributed by atoms with Crippen molar-refractivity contribution in [2.45, 2.75) is 31.9 Å². The molecule has 0 spiro atoms. The van der Waals surface area contributed by atoms with Crippen LogP contribution in [0.25, 0.3) is 11.3 Å². The van der Waals surface area contributed by atoms with E-state index < -0.39 is 5.60 Å². The molecule has 4 nitrogen and oxygen atoms in total. The van der Waals surface area contributed by atoms with Gasteiger partial charge in [-0.25, -0.2) is 0 Å². The summed E-state index contributed by atoms with van der Waals surface area (Å²) in [5.41, 5.74) is 2.34. The van der Waals surface area contributed by atoms with Crippen LogP contribution < -0.4 is 5.32 Å². The van der Waals surface area contributed by atoms with Crippen molar-refractivity contribution in [2.24, 2.45) is 5.92 Å². The van der Waals surface area contributed by atoms with Crippen molar-refractivity contribution in [3.63, 3.8) is 0 Å². The first-order valence-corrected chi connectivity index (χ1v) is 7.54. The van der Waals surface area contributed by atoms with E-state index in [1.165, 1.54) is 0 Å². The van der Waals surface area contributed by atoms with Gasteiger partial charge in [-0.15, -0.1) is 0 Å². The fraction of sp³-hybridized carbons (Fsp3) is 0.333. The van der Waals surface area contributed by atoms with Crippen molar-refractivity contribution in [3.8, 4) is 11.3 Å². The summed E-state index contributed by atoms with van der Waals surface area (Å²) in [5.74, 6) is -0.0382. The molecule has 1 aliphatic rings. The molecule has 4 heteroatoms. The quantitative estimate of drug-likeness (QED) is 0.911. The highest BCUT2D eigenvalue weighted by atomic mass is 16.3. The fourth-order valence-electron chi connectivity index (χ4n) is 2.89. The lowest BCUT2D eigenvalue weighted by atomic mass is 9.72. The van der Waals surface area contributed by atoms with Crippen LogP contribution in [0.4, 0.5) is 0 Å². The van der Waals surface area contributed by atoms with Gasteiger partial charge in [-0.05, 0) is 43.5 Å². The van der Waals surface area contributed by atoms with E-state index in [1.807, 2.05) is 42.5 Å². The largest absolute Gasteiger partial charge is 0.390 e. The van der Waals surface area contributed by atoms with Crippen LogP contribution in [-0.4, -0.2) is 21.6 Å². The van der Waals surface area contributed by atoms with Crippen molar-refractivity contribution >= 4 is 5.91 Å². The molecule has 2 aromatic rings. The Kier molecular flexibility index (Phi) is 3.94. The van der Waals surface area contributed by atoms with Gasteiger partial charge >= 0.3 is 0 Å². The number of nitrogens with zero attached hydrogens (tertiary/aromatic N) is 1. The summed E-state index contributed by atoms with van der Waals surface area (Å²) in [5, 5.41) is 12.6. The van der Waals surface area contributed by atoms with Gasteiger partial charge in [0.15, 0.2) is 0 Å². The van der Waals surface area contributed by atoms with Gasteiger partial charge in [-0.1, -0.05) is 24.3 Å². The third-order valence-electron chi connectivity index (χ3n) is 4.10. The van der Waals surface area contributed by atoms with Crippen LogP contribution in [0, 0.1) is 5.92 Å². The summed E-state index contributed by atoms with van der Waals surface area (Å²) in [6, 6.07) is 13.8. The molecule has 0 atom stereocenters. The highest BCUT2D eigenvalue weighted by molar-refractivity contribution is 5.80. The Balaban J connectivity index is 1.61. The maximum atomic E-state index is 12.0. The van der Waals surface area contributed by atoms with Gasteiger partial charge in [0.05, 0.1) is 11.3 Å². The zero-order valence-electron chi connectivity index (χ0n) is 12.6. The number of rotatable bonds is 4. The van der Waals surface area contributed by atoms with Crippen LogP contribution in [-0.2, 0) is 11.3 Å². The minimum absolute atomic E-state index is 0.0229. The SMILES string of the molecule is CC1(O)CC(C(=O)NCc2cccc(-c3ccccn3)c2)C1. The molecule has 0 radical (unpaired) electrons. The van der Waals surface area contributed by atoms with Crippen molar-refractivity contribution in [2.75, 3.05) is 0 Å². The number of nitrogens with one attached hydrogen (secondary N) is 1. The van der Waals surface area contributed by atoms with Gasteiger partial charge in [0.2, 0.25) is 5.91 Å². The predicted octanol–water partition coefficient (Wildman–Crippen LogP) is 2.53. The number of hydrogen-bond acceptors (Lipinski definition) is 3. The Bertz CT molecular complexity index is 660. The second-order valence-corrected chi connectivity index (χ2v) is 6.24. The van der Waals surface area contributed by atoms with Crippen LogP contribution in [0.5, 0.6) is 0 Å². The molecule has 114 valence electrons. The summed E-state index contributed by atoms with van der Waals surface area (Å²) < 4.78 is 0. The van der Waals surface area contributed by atoms with Gasteiger partial charge in [-0.2, -0.15) is 0 Å². The van der Waals surface area contributed by atoms with Gasteiger partial charge in [0.1, 0.15) is 0 Å². The van der Waals surface area contributed by atoms with Gasteiger partial charge in [0, 0.05) is 24.2 Å². The summed E-state index contributed by atoms with van der Waals surface area (Å²) in [6.45, 7) is 2.27. The predicted molar refractivity (Wildman–Crippen MR) is 84.9 cm³/mol. The first-order chi connectivity index (χ1) is 10.5. The van der Waals surface area contributed by atoms with Crippen LogP contribution in [0.3, 0.4) is 0 Å². The molecule has 2 N–H and O–H groups in total. The number of carbonyl (C=O) groups excluding carboxylic acids is 1. The average Bonchev–Trinajstić information content (AvgIpc) is 2.51. The molecule has 0 saturated heterocycles. The van der Waals surface area contributed by atoms with Gasteiger partial charge in [-0.3, -0.25) is 9.78 Å². The van der Waals surface area contributed by atoms with Crippen molar-refractivity contribution in [1.82, 2.24) is 10.3 Å². The number of carbonyl (C=O) groups is 1. The van der Waals surface area contributed by atoms with Crippen LogP contribution in [0.2, 0.25) is 0 Å². The van der Waals surface area contributed by atoms with Gasteiger partial charge < -0.3 is 10.4 Å². The Morgan fingerprint density at radius 3 is 2.82 bits per heavy atom. The average molecular weight is 296 g/mol. The number of aromatic nitrogens is 1. The number of benzene rings is 1. The molecular weight excluding hydrogens is 276 g/mol. The first-order valence-electron chi connectivity index (χ1n) is 7.54. The maximum absolute atomic E-state index is 12.0. The Hall–Kier alpha value is -2.20. The molecule has 1 aliphatic carbocycles. The van der Waals surface area contributed by atoms with Crippen LogP contribution in [0.15, 0.2) is 48.7 Å². The molecule has 1 aromatic carbocycles. The minimum Gasteiger partial charge on any atom is -0.390 e. The highest BCUT2D eigenvalue weighted by Gasteiger charge is 2.42. The Morgan fingerprint density at radius 1 is 1.32 bits per heavy atom. The van der Waals surface area contributed by atoms with Crippen molar-refractivity contribution < 1.29 is 9.90 Å². The molecule has 1 saturated carbocycles. The Morgan fingerprint density at radius 2 is 2.14 bits per heavy atom. The van der Waals surface area contributed by atoms with E-state index in [0.29, 0.717) is 19.4 Å². The van der Waals surface area contributed by atoms with Crippen molar-refractivity contribution in [3.05, 3.63) is 54.2 Å². The first kappa shape index (κ1) is 14.7. The number of aliphatic hydroxyl groups is 1. The number of hydrogen-bond donors (Lipinski definition) is 2. The summed E-state index contributed by atoms with van der Waals surface area (Å²) in [6.07, 6.45) is 2.87. The molecule has 0 aliphatic heterocycles. The smallest absolute Gasteiger partial charge is 0.223 e. The molecular formula is C18H20N2O2. The third-order valence-corrected chi connectivity index (χ3v) is 4.10. The van der Waals surface area contributed by atoms with E-state index >= 15 is 0 Å². The maximum Gasteiger partial charge on any atom is 0.223 e. The van der Waals surface area contributed by atoms with E-state index in [-0.39, 0.29) is 11.8 Å². The third kappa shape index (κ3) is 3.34. The van der Waals surface area contributed by atoms with Crippen molar-refractivity contribution in [1.29, 1.82) is 0 Å². The topological polar surface area (TPSA) is 62.2 Å². The zero-order valence-corrected chi connectivity index (χ0v) is 12.6. The molecule has 1 aromatic heterocycles. The van der Waals surface area contributed by atoms with Crippen LogP contribution in [0.1, 0.15) is 25.3 Å². The molecule has 0 unspecified atom stereocenters. The summed E-state index contributed by atoms with van der Waals surface area (Å²) in [7, 11) is 0. The van der Waals surface area contributed by atoms with E-state index in [4.69, 9.17) is 0 Å². The molecule has 1 heterocycles. The number of amides is 1. The number of pyridine rings is 1. The van der Waals surface area contributed by atoms with Crippen LogP contribution >= 0.6 is 0 Å². The monoisotopic (exact) mass is 296 g/mol. The lowest BCUT2D eigenvalue weighted by Crippen LogP contribution is -2.48. The van der Waals surface area contributed by atoms with Gasteiger partial charge in [0.25, 0.3) is 0 Å². The zero-order chi connectivity index (χ0) is 15.6. The Labute approximate surface area is 130 Å². The van der Waals surface area contributed by atoms with E-state index in [9.17, 15) is 9.90 Å². The second-order valence-electron chi connectivity index (χ2n) is 6.24. The standard InChI is InChI=1S/C18H20N2O2/c1-18(22)10-15(11-18)17(21)20-12-13-5-4-6-14(9-13)16-7-2-3-8-19-16/h2-9,15,22H,10-12H2,1H3,(H,20,21). The summed E-state index contributed by atoms with van der Waals surface area (Å²) >= 11 is 0. The van der Waals surface area contributed by atoms with E-state index in [0.717, 1.165) is 16.8 Å².